The molecule has 4 aromatic rings. The summed E-state index contributed by atoms with van der Waals surface area (Å²) in [6.45, 7) is 3.78. The summed E-state index contributed by atoms with van der Waals surface area (Å²) in [6.07, 6.45) is 1.97. The van der Waals surface area contributed by atoms with Crippen LogP contribution in [-0.4, -0.2) is 40.9 Å². The molecule has 0 saturated carbocycles. The molecular formula is C40H46N2O4. The molecule has 0 spiro atoms. The van der Waals surface area contributed by atoms with Crippen LogP contribution in [0.4, 0.5) is 0 Å². The lowest BCUT2D eigenvalue weighted by atomic mass is 9.89. The molecular weight excluding hydrogens is 572 g/mol. The second-order valence-electron chi connectivity index (χ2n) is 12.3. The molecule has 0 aliphatic heterocycles. The second kappa shape index (κ2) is 17.8. The predicted octanol–water partition coefficient (Wildman–Crippen LogP) is 6.42. The van der Waals surface area contributed by atoms with Crippen LogP contribution in [-0.2, 0) is 27.2 Å². The third-order valence-corrected chi connectivity index (χ3v) is 8.35. The van der Waals surface area contributed by atoms with Gasteiger partial charge in [0.25, 0.3) is 0 Å². The molecule has 0 fully saturated rings. The molecule has 0 unspecified atom stereocenters. The summed E-state index contributed by atoms with van der Waals surface area (Å²) < 4.78 is 0. The SMILES string of the molecule is CC(C)[C@H](NC(=O)C(c1ccccc1)c1ccccc1)C(=O)N[C@@H](Cc1ccccc1)[C@@H](O)CCC(=O)CCCc1ccccc1. The summed E-state index contributed by atoms with van der Waals surface area (Å²) in [5.74, 6) is -1.34. The van der Waals surface area contributed by atoms with Gasteiger partial charge in [-0.25, -0.2) is 0 Å². The number of hydrogen-bond donors (Lipinski definition) is 3. The van der Waals surface area contributed by atoms with E-state index in [9.17, 15) is 19.5 Å². The van der Waals surface area contributed by atoms with Crippen molar-refractivity contribution >= 4 is 17.6 Å². The van der Waals surface area contributed by atoms with E-state index in [4.69, 9.17) is 0 Å². The summed E-state index contributed by atoms with van der Waals surface area (Å²) in [4.78, 5) is 40.4. The Balaban J connectivity index is 1.43. The van der Waals surface area contributed by atoms with Crippen molar-refractivity contribution in [1.82, 2.24) is 10.6 Å². The molecule has 2 amide bonds. The number of aryl methyl sites for hydroxylation is 1. The lowest BCUT2D eigenvalue weighted by Crippen LogP contribution is -2.55. The first-order valence-electron chi connectivity index (χ1n) is 16.3. The van der Waals surface area contributed by atoms with Crippen molar-refractivity contribution in [2.75, 3.05) is 0 Å². The van der Waals surface area contributed by atoms with Crippen LogP contribution in [0.5, 0.6) is 0 Å². The zero-order chi connectivity index (χ0) is 32.7. The number of carbonyl (C=O) groups excluding carboxylic acids is 3. The zero-order valence-corrected chi connectivity index (χ0v) is 26.8. The molecule has 0 radical (unpaired) electrons. The Morgan fingerprint density at radius 2 is 1.13 bits per heavy atom. The number of carbonyl (C=O) groups is 3. The fraction of sp³-hybridized carbons (Fsp3) is 0.325. The van der Waals surface area contributed by atoms with Gasteiger partial charge in [-0.15, -0.1) is 0 Å². The molecule has 4 rings (SSSR count). The monoisotopic (exact) mass is 618 g/mol. The standard InChI is InChI=1S/C40H46N2O4/c1-29(2)38(42-39(45)37(32-21-11-5-12-22-32)33-23-13-6-14-24-33)40(46)41-35(28-31-18-9-4-10-19-31)36(44)27-26-34(43)25-15-20-30-16-7-3-8-17-30/h3-14,16-19,21-24,29,35-38,44H,15,20,25-28H2,1-2H3,(H,41,46)(H,42,45)/t35-,36-,38-/m0/s1. The molecule has 0 aliphatic rings. The van der Waals surface area contributed by atoms with Gasteiger partial charge in [0.1, 0.15) is 11.8 Å². The average molecular weight is 619 g/mol. The van der Waals surface area contributed by atoms with Crippen LogP contribution in [0.15, 0.2) is 121 Å². The summed E-state index contributed by atoms with van der Waals surface area (Å²) in [7, 11) is 0. The van der Waals surface area contributed by atoms with Crippen LogP contribution in [0.1, 0.15) is 67.7 Å². The van der Waals surface area contributed by atoms with Crippen LogP contribution < -0.4 is 10.6 Å². The van der Waals surface area contributed by atoms with Crippen LogP contribution in [0.3, 0.4) is 0 Å². The molecule has 240 valence electrons. The first-order valence-corrected chi connectivity index (χ1v) is 16.3. The Morgan fingerprint density at radius 3 is 1.65 bits per heavy atom. The van der Waals surface area contributed by atoms with Gasteiger partial charge < -0.3 is 15.7 Å². The third-order valence-electron chi connectivity index (χ3n) is 8.35. The number of hydrogen-bond acceptors (Lipinski definition) is 4. The van der Waals surface area contributed by atoms with E-state index in [0.717, 1.165) is 29.5 Å². The predicted molar refractivity (Wildman–Crippen MR) is 183 cm³/mol. The molecule has 3 atom stereocenters. The van der Waals surface area contributed by atoms with Crippen molar-refractivity contribution in [1.29, 1.82) is 0 Å². The minimum Gasteiger partial charge on any atom is -0.391 e. The van der Waals surface area contributed by atoms with Gasteiger partial charge in [0.2, 0.25) is 11.8 Å². The highest BCUT2D eigenvalue weighted by atomic mass is 16.3. The molecule has 0 saturated heterocycles. The summed E-state index contributed by atoms with van der Waals surface area (Å²) in [5.41, 5.74) is 3.82. The van der Waals surface area contributed by atoms with E-state index >= 15 is 0 Å². The van der Waals surface area contributed by atoms with Crippen molar-refractivity contribution in [3.8, 4) is 0 Å². The van der Waals surface area contributed by atoms with Crippen molar-refractivity contribution < 1.29 is 19.5 Å². The van der Waals surface area contributed by atoms with Crippen molar-refractivity contribution in [2.24, 2.45) is 5.92 Å². The van der Waals surface area contributed by atoms with Crippen molar-refractivity contribution in [2.45, 2.75) is 76.5 Å². The smallest absolute Gasteiger partial charge is 0.243 e. The molecule has 6 nitrogen and oxygen atoms in total. The van der Waals surface area contributed by atoms with E-state index in [0.29, 0.717) is 12.8 Å². The van der Waals surface area contributed by atoms with E-state index in [-0.39, 0.29) is 36.4 Å². The van der Waals surface area contributed by atoms with Gasteiger partial charge in [-0.05, 0) is 53.9 Å². The van der Waals surface area contributed by atoms with Crippen LogP contribution in [0.2, 0.25) is 0 Å². The zero-order valence-electron chi connectivity index (χ0n) is 26.8. The van der Waals surface area contributed by atoms with Gasteiger partial charge >= 0.3 is 0 Å². The second-order valence-corrected chi connectivity index (χ2v) is 12.3. The fourth-order valence-corrected chi connectivity index (χ4v) is 5.75. The van der Waals surface area contributed by atoms with Crippen LogP contribution in [0, 0.1) is 5.92 Å². The highest BCUT2D eigenvalue weighted by Gasteiger charge is 2.32. The minimum atomic E-state index is -0.938. The summed E-state index contributed by atoms with van der Waals surface area (Å²) in [5, 5.41) is 17.4. The van der Waals surface area contributed by atoms with Crippen molar-refractivity contribution in [3.05, 3.63) is 144 Å². The molecule has 6 heteroatoms. The highest BCUT2D eigenvalue weighted by Crippen LogP contribution is 2.25. The number of nitrogens with one attached hydrogen (secondary N) is 2. The maximum absolute atomic E-state index is 13.9. The Hall–Kier alpha value is -4.55. The maximum atomic E-state index is 13.9. The Kier molecular flexibility index (Phi) is 13.3. The van der Waals surface area contributed by atoms with Crippen LogP contribution in [0.25, 0.3) is 0 Å². The summed E-state index contributed by atoms with van der Waals surface area (Å²) >= 11 is 0. The van der Waals surface area contributed by atoms with Gasteiger partial charge in [0.05, 0.1) is 18.1 Å². The van der Waals surface area contributed by atoms with Gasteiger partial charge in [-0.1, -0.05) is 135 Å². The first-order chi connectivity index (χ1) is 22.3. The molecule has 0 aromatic heterocycles. The molecule has 4 aromatic carbocycles. The summed E-state index contributed by atoms with van der Waals surface area (Å²) in [6, 6.07) is 37.3. The number of aliphatic hydroxyl groups excluding tert-OH is 1. The molecule has 46 heavy (non-hydrogen) atoms. The normalized spacial score (nSPS) is 13.2. The largest absolute Gasteiger partial charge is 0.391 e. The first kappa shape index (κ1) is 34.3. The number of rotatable bonds is 17. The van der Waals surface area contributed by atoms with E-state index in [1.165, 1.54) is 5.56 Å². The Morgan fingerprint density at radius 1 is 0.630 bits per heavy atom. The van der Waals surface area contributed by atoms with Crippen LogP contribution >= 0.6 is 0 Å². The third kappa shape index (κ3) is 10.5. The van der Waals surface area contributed by atoms with E-state index in [1.807, 2.05) is 123 Å². The Bertz CT molecular complexity index is 1450. The molecule has 0 heterocycles. The number of ketones is 1. The van der Waals surface area contributed by atoms with E-state index < -0.39 is 24.1 Å². The molecule has 3 N–H and O–H groups in total. The fourth-order valence-electron chi connectivity index (χ4n) is 5.75. The van der Waals surface area contributed by atoms with Gasteiger partial charge in [-0.3, -0.25) is 14.4 Å². The Labute approximate surface area is 273 Å². The number of amides is 2. The number of benzene rings is 4. The topological polar surface area (TPSA) is 95.5 Å². The van der Waals surface area contributed by atoms with E-state index in [2.05, 4.69) is 22.8 Å². The molecule has 0 bridgehead atoms. The lowest BCUT2D eigenvalue weighted by Gasteiger charge is -2.29. The quantitative estimate of drug-likeness (QED) is 0.127. The minimum absolute atomic E-state index is 0.0972. The molecule has 0 aliphatic carbocycles. The number of aliphatic hydroxyl groups is 1. The van der Waals surface area contributed by atoms with E-state index in [1.54, 1.807) is 0 Å². The lowest BCUT2D eigenvalue weighted by molar-refractivity contribution is -0.131. The maximum Gasteiger partial charge on any atom is 0.243 e. The van der Waals surface area contributed by atoms with Gasteiger partial charge in [-0.2, -0.15) is 0 Å². The average Bonchev–Trinajstić information content (AvgIpc) is 3.07. The highest BCUT2D eigenvalue weighted by molar-refractivity contribution is 5.92. The number of Topliss-reactive ketones (excluding diaryl/α,β-unsaturated/α-hetero) is 1. The van der Waals surface area contributed by atoms with Gasteiger partial charge in [0.15, 0.2) is 0 Å². The van der Waals surface area contributed by atoms with Gasteiger partial charge in [0, 0.05) is 12.8 Å². The van der Waals surface area contributed by atoms with Crippen molar-refractivity contribution in [3.63, 3.8) is 0 Å².